The number of carbonyl (C=O) groups excluding carboxylic acids is 2. The van der Waals surface area contributed by atoms with Crippen molar-refractivity contribution >= 4 is 12.4 Å². The minimum Gasteiger partial charge on any atom is -0.442 e. The van der Waals surface area contributed by atoms with Gasteiger partial charge in [-0.15, -0.1) is 0 Å². The van der Waals surface area contributed by atoms with Gasteiger partial charge < -0.3 is 10.1 Å². The van der Waals surface area contributed by atoms with Crippen LogP contribution >= 0.6 is 0 Å². The highest BCUT2D eigenvalue weighted by Gasteiger charge is 2.19. The van der Waals surface area contributed by atoms with Gasteiger partial charge in [-0.2, -0.15) is 0 Å². The molecule has 0 atom stereocenters. The molecule has 1 fully saturated rings. The molecular weight excluding hydrogens is 146 g/mol. The molecule has 0 spiro atoms. The molecule has 4 heteroatoms. The van der Waals surface area contributed by atoms with Gasteiger partial charge in [-0.05, 0) is 19.3 Å². The van der Waals surface area contributed by atoms with E-state index in [1.165, 1.54) is 6.42 Å². The first kappa shape index (κ1) is 8.04. The SMILES string of the molecule is O=CCOC(=O)NC1CCC1. The van der Waals surface area contributed by atoms with E-state index in [0.29, 0.717) is 6.29 Å². The van der Waals surface area contributed by atoms with Crippen LogP contribution in [0.5, 0.6) is 0 Å². The van der Waals surface area contributed by atoms with Gasteiger partial charge in [0.2, 0.25) is 0 Å². The van der Waals surface area contributed by atoms with Gasteiger partial charge in [-0.3, -0.25) is 4.79 Å². The maximum Gasteiger partial charge on any atom is 0.407 e. The van der Waals surface area contributed by atoms with Crippen molar-refractivity contribution in [3.05, 3.63) is 0 Å². The predicted octanol–water partition coefficient (Wildman–Crippen LogP) is 0.464. The fourth-order valence-electron chi connectivity index (χ4n) is 0.871. The van der Waals surface area contributed by atoms with Crippen molar-refractivity contribution in [1.29, 1.82) is 0 Å². The average molecular weight is 157 g/mol. The van der Waals surface area contributed by atoms with Crippen LogP contribution in [0, 0.1) is 0 Å². The fraction of sp³-hybridized carbons (Fsp3) is 0.714. The Morgan fingerprint density at radius 1 is 1.64 bits per heavy atom. The molecule has 0 unspecified atom stereocenters. The van der Waals surface area contributed by atoms with Crippen LogP contribution in [-0.2, 0) is 9.53 Å². The highest BCUT2D eigenvalue weighted by Crippen LogP contribution is 2.17. The summed E-state index contributed by atoms with van der Waals surface area (Å²) < 4.78 is 4.48. The van der Waals surface area contributed by atoms with Crippen molar-refractivity contribution in [2.75, 3.05) is 6.61 Å². The third-order valence-corrected chi connectivity index (χ3v) is 1.71. The lowest BCUT2D eigenvalue weighted by atomic mass is 9.93. The van der Waals surface area contributed by atoms with Crippen LogP contribution in [0.15, 0.2) is 0 Å². The summed E-state index contributed by atoms with van der Waals surface area (Å²) >= 11 is 0. The largest absolute Gasteiger partial charge is 0.442 e. The minimum atomic E-state index is -0.484. The molecule has 1 aliphatic rings. The van der Waals surface area contributed by atoms with Crippen LogP contribution in [0.25, 0.3) is 0 Å². The molecule has 0 heterocycles. The molecule has 1 saturated carbocycles. The molecule has 1 rings (SSSR count). The van der Waals surface area contributed by atoms with E-state index in [4.69, 9.17) is 0 Å². The van der Waals surface area contributed by atoms with Gasteiger partial charge in [0.05, 0.1) is 0 Å². The second-order valence-electron chi connectivity index (χ2n) is 2.54. The van der Waals surface area contributed by atoms with Crippen LogP contribution in [-0.4, -0.2) is 25.0 Å². The quantitative estimate of drug-likeness (QED) is 0.605. The Morgan fingerprint density at radius 3 is 2.82 bits per heavy atom. The zero-order valence-electron chi connectivity index (χ0n) is 6.21. The molecule has 1 N–H and O–H groups in total. The Kier molecular flexibility index (Phi) is 2.89. The summed E-state index contributed by atoms with van der Waals surface area (Å²) in [5.74, 6) is 0. The van der Waals surface area contributed by atoms with E-state index in [-0.39, 0.29) is 12.6 Å². The lowest BCUT2D eigenvalue weighted by Gasteiger charge is -2.25. The van der Waals surface area contributed by atoms with Crippen LogP contribution in [0.2, 0.25) is 0 Å². The summed E-state index contributed by atoms with van der Waals surface area (Å²) in [7, 11) is 0. The highest BCUT2D eigenvalue weighted by molar-refractivity contribution is 5.69. The van der Waals surface area contributed by atoms with Gasteiger partial charge in [0.1, 0.15) is 6.61 Å². The molecule has 0 saturated heterocycles. The number of hydrogen-bond acceptors (Lipinski definition) is 3. The van der Waals surface area contributed by atoms with Gasteiger partial charge in [0, 0.05) is 6.04 Å². The summed E-state index contributed by atoms with van der Waals surface area (Å²) in [4.78, 5) is 20.5. The Bertz CT molecular complexity index is 154. The molecule has 0 bridgehead atoms. The van der Waals surface area contributed by atoms with Gasteiger partial charge >= 0.3 is 6.09 Å². The van der Waals surface area contributed by atoms with E-state index in [0.717, 1.165) is 12.8 Å². The molecule has 1 amide bonds. The summed E-state index contributed by atoms with van der Waals surface area (Å²) in [6, 6.07) is 0.272. The van der Waals surface area contributed by atoms with E-state index in [1.807, 2.05) is 0 Å². The topological polar surface area (TPSA) is 55.4 Å². The second kappa shape index (κ2) is 3.95. The van der Waals surface area contributed by atoms with Gasteiger partial charge in [0.15, 0.2) is 6.29 Å². The van der Waals surface area contributed by atoms with Crippen LogP contribution in [0.3, 0.4) is 0 Å². The number of ether oxygens (including phenoxy) is 1. The van der Waals surface area contributed by atoms with E-state index >= 15 is 0 Å². The predicted molar refractivity (Wildman–Crippen MR) is 38.2 cm³/mol. The van der Waals surface area contributed by atoms with E-state index < -0.39 is 6.09 Å². The first-order valence-electron chi connectivity index (χ1n) is 3.70. The number of carbonyl (C=O) groups is 2. The van der Waals surface area contributed by atoms with Crippen molar-refractivity contribution in [3.63, 3.8) is 0 Å². The standard InChI is InChI=1S/C7H11NO3/c9-4-5-11-7(10)8-6-2-1-3-6/h4,6H,1-3,5H2,(H,8,10). The summed E-state index contributed by atoms with van der Waals surface area (Å²) in [5, 5.41) is 2.63. The van der Waals surface area contributed by atoms with Crippen molar-refractivity contribution in [2.45, 2.75) is 25.3 Å². The molecule has 0 aliphatic heterocycles. The molecule has 11 heavy (non-hydrogen) atoms. The zero-order chi connectivity index (χ0) is 8.10. The van der Waals surface area contributed by atoms with Gasteiger partial charge in [-0.25, -0.2) is 4.79 Å². The monoisotopic (exact) mass is 157 g/mol. The van der Waals surface area contributed by atoms with Crippen molar-refractivity contribution in [3.8, 4) is 0 Å². The summed E-state index contributed by atoms with van der Waals surface area (Å²) in [6.07, 6.45) is 3.28. The zero-order valence-corrected chi connectivity index (χ0v) is 6.21. The van der Waals surface area contributed by atoms with Crippen LogP contribution in [0.4, 0.5) is 4.79 Å². The number of rotatable bonds is 3. The van der Waals surface area contributed by atoms with Crippen molar-refractivity contribution in [2.24, 2.45) is 0 Å². The normalized spacial score (nSPS) is 16.7. The Morgan fingerprint density at radius 2 is 2.36 bits per heavy atom. The first-order chi connectivity index (χ1) is 5.33. The van der Waals surface area contributed by atoms with Crippen LogP contribution in [0.1, 0.15) is 19.3 Å². The number of alkyl carbamates (subject to hydrolysis) is 1. The molecular formula is C7H11NO3. The third-order valence-electron chi connectivity index (χ3n) is 1.71. The Balaban J connectivity index is 2.04. The van der Waals surface area contributed by atoms with E-state index in [9.17, 15) is 9.59 Å². The van der Waals surface area contributed by atoms with Crippen molar-refractivity contribution in [1.82, 2.24) is 5.32 Å². The van der Waals surface area contributed by atoms with Crippen LogP contribution < -0.4 is 5.32 Å². The number of amides is 1. The minimum absolute atomic E-state index is 0.154. The Labute approximate surface area is 64.9 Å². The molecule has 4 nitrogen and oxygen atoms in total. The molecule has 1 aliphatic carbocycles. The molecule has 0 aromatic heterocycles. The molecule has 0 aromatic rings. The maximum absolute atomic E-state index is 10.7. The fourth-order valence-corrected chi connectivity index (χ4v) is 0.871. The maximum atomic E-state index is 10.7. The van der Waals surface area contributed by atoms with E-state index in [2.05, 4.69) is 10.1 Å². The molecule has 0 radical (unpaired) electrons. The third kappa shape index (κ3) is 2.57. The lowest BCUT2D eigenvalue weighted by molar-refractivity contribution is -0.110. The van der Waals surface area contributed by atoms with Crippen molar-refractivity contribution < 1.29 is 14.3 Å². The average Bonchev–Trinajstić information content (AvgIpc) is 1.93. The van der Waals surface area contributed by atoms with Gasteiger partial charge in [0.25, 0.3) is 0 Å². The molecule has 0 aromatic carbocycles. The number of aldehydes is 1. The number of nitrogens with one attached hydrogen (secondary N) is 1. The van der Waals surface area contributed by atoms with E-state index in [1.54, 1.807) is 0 Å². The lowest BCUT2D eigenvalue weighted by Crippen LogP contribution is -2.39. The van der Waals surface area contributed by atoms with Gasteiger partial charge in [-0.1, -0.05) is 0 Å². The highest BCUT2D eigenvalue weighted by atomic mass is 16.5. The molecule has 62 valence electrons. The smallest absolute Gasteiger partial charge is 0.407 e. The Hall–Kier alpha value is -1.06. The second-order valence-corrected chi connectivity index (χ2v) is 2.54. The number of hydrogen-bond donors (Lipinski definition) is 1. The summed E-state index contributed by atoms with van der Waals surface area (Å²) in [5.41, 5.74) is 0. The summed E-state index contributed by atoms with van der Waals surface area (Å²) in [6.45, 7) is -0.154. The first-order valence-corrected chi connectivity index (χ1v) is 3.70.